The van der Waals surface area contributed by atoms with Gasteiger partial charge in [-0.05, 0) is 50.2 Å². The number of anilines is 2. The summed E-state index contributed by atoms with van der Waals surface area (Å²) in [6, 6.07) is 1.90. The first-order valence-corrected chi connectivity index (χ1v) is 6.66. The molecule has 0 atom stereocenters. The predicted octanol–water partition coefficient (Wildman–Crippen LogP) is 2.33. The van der Waals surface area contributed by atoms with Gasteiger partial charge in [-0.3, -0.25) is 0 Å². The lowest BCUT2D eigenvalue weighted by molar-refractivity contribution is 0.155. The van der Waals surface area contributed by atoms with E-state index in [9.17, 15) is 5.11 Å². The molecule has 0 aromatic carbocycles. The third kappa shape index (κ3) is 2.58. The normalized spacial score (nSPS) is 28.1. The van der Waals surface area contributed by atoms with E-state index < -0.39 is 0 Å². The Morgan fingerprint density at radius 2 is 2.17 bits per heavy atom. The van der Waals surface area contributed by atoms with Crippen LogP contribution < -0.4 is 11.1 Å². The minimum atomic E-state index is -0.249. The van der Waals surface area contributed by atoms with Gasteiger partial charge in [0.2, 0.25) is 0 Å². The van der Waals surface area contributed by atoms with E-state index in [1.807, 2.05) is 13.0 Å². The van der Waals surface area contributed by atoms with Gasteiger partial charge in [0.25, 0.3) is 0 Å². The van der Waals surface area contributed by atoms with Gasteiger partial charge < -0.3 is 16.2 Å². The summed E-state index contributed by atoms with van der Waals surface area (Å²) >= 11 is 0. The Hall–Kier alpha value is -1.29. The summed E-state index contributed by atoms with van der Waals surface area (Å²) < 4.78 is 0. The van der Waals surface area contributed by atoms with E-state index >= 15 is 0 Å². The molecule has 4 heteroatoms. The molecule has 1 aliphatic rings. The summed E-state index contributed by atoms with van der Waals surface area (Å²) in [6.07, 6.45) is 5.97. The van der Waals surface area contributed by atoms with Gasteiger partial charge in [0.1, 0.15) is 5.82 Å². The third-order valence-corrected chi connectivity index (χ3v) is 4.13. The number of hydrogen-bond donors (Lipinski definition) is 3. The number of nitrogens with two attached hydrogens (primary N) is 1. The van der Waals surface area contributed by atoms with Crippen LogP contribution in [0.5, 0.6) is 0 Å². The lowest BCUT2D eigenvalue weighted by atomic mass is 9.77. The van der Waals surface area contributed by atoms with Crippen LogP contribution in [0.15, 0.2) is 12.3 Å². The lowest BCUT2D eigenvalue weighted by Gasteiger charge is -2.39. The molecule has 4 N–H and O–H groups in total. The van der Waals surface area contributed by atoms with Gasteiger partial charge in [-0.15, -0.1) is 0 Å². The highest BCUT2D eigenvalue weighted by Gasteiger charge is 2.34. The third-order valence-electron chi connectivity index (χ3n) is 4.13. The average molecular weight is 249 g/mol. The van der Waals surface area contributed by atoms with Crippen LogP contribution in [0, 0.1) is 12.8 Å². The molecule has 1 aromatic heterocycles. The number of aromatic nitrogens is 1. The van der Waals surface area contributed by atoms with E-state index in [-0.39, 0.29) is 12.1 Å². The number of nitrogen functional groups attached to an aromatic ring is 1. The molecule has 1 aromatic rings. The standard InChI is InChI=1S/C14H23N3O/c1-10-3-6-14(9-18,7-4-10)17-13-12(15)11(2)5-8-16-13/h5,8,10,18H,3-4,6-7,9,15H2,1-2H3,(H,16,17). The van der Waals surface area contributed by atoms with Gasteiger partial charge in [-0.1, -0.05) is 6.92 Å². The van der Waals surface area contributed by atoms with Gasteiger partial charge in [0, 0.05) is 6.20 Å². The number of aryl methyl sites for hydroxylation is 1. The summed E-state index contributed by atoms with van der Waals surface area (Å²) in [5.74, 6) is 1.45. The number of nitrogens with zero attached hydrogens (tertiary/aromatic N) is 1. The van der Waals surface area contributed by atoms with E-state index in [4.69, 9.17) is 5.73 Å². The lowest BCUT2D eigenvalue weighted by Crippen LogP contribution is -2.45. The van der Waals surface area contributed by atoms with Crippen molar-refractivity contribution in [2.24, 2.45) is 5.92 Å². The largest absolute Gasteiger partial charge is 0.396 e. The first kappa shape index (κ1) is 13.1. The summed E-state index contributed by atoms with van der Waals surface area (Å²) in [7, 11) is 0. The van der Waals surface area contributed by atoms with Gasteiger partial charge in [0.05, 0.1) is 17.8 Å². The van der Waals surface area contributed by atoms with Gasteiger partial charge in [-0.2, -0.15) is 0 Å². The molecule has 4 nitrogen and oxygen atoms in total. The molecular weight excluding hydrogens is 226 g/mol. The second-order valence-electron chi connectivity index (χ2n) is 5.64. The Morgan fingerprint density at radius 3 is 2.78 bits per heavy atom. The number of rotatable bonds is 3. The average Bonchev–Trinajstić information content (AvgIpc) is 2.38. The summed E-state index contributed by atoms with van der Waals surface area (Å²) in [6.45, 7) is 4.37. The molecule has 0 amide bonds. The molecule has 1 aliphatic carbocycles. The number of aliphatic hydroxyl groups is 1. The molecule has 1 saturated carbocycles. The zero-order valence-corrected chi connectivity index (χ0v) is 11.2. The van der Waals surface area contributed by atoms with Crippen molar-refractivity contribution in [3.05, 3.63) is 17.8 Å². The van der Waals surface area contributed by atoms with Crippen LogP contribution in [-0.4, -0.2) is 22.2 Å². The molecule has 100 valence electrons. The predicted molar refractivity (Wildman–Crippen MR) is 74.5 cm³/mol. The molecule has 1 fully saturated rings. The number of hydrogen-bond acceptors (Lipinski definition) is 4. The molecule has 1 heterocycles. The van der Waals surface area contributed by atoms with E-state index in [0.29, 0.717) is 11.5 Å². The number of nitrogens with one attached hydrogen (secondary N) is 1. The maximum absolute atomic E-state index is 9.72. The number of pyridine rings is 1. The van der Waals surface area contributed by atoms with Crippen molar-refractivity contribution >= 4 is 11.5 Å². The van der Waals surface area contributed by atoms with Crippen LogP contribution in [-0.2, 0) is 0 Å². The van der Waals surface area contributed by atoms with Crippen LogP contribution in [0.2, 0.25) is 0 Å². The van der Waals surface area contributed by atoms with Gasteiger partial charge in [-0.25, -0.2) is 4.98 Å². The molecule has 0 saturated heterocycles. The first-order chi connectivity index (χ1) is 8.56. The molecule has 0 radical (unpaired) electrons. The van der Waals surface area contributed by atoms with Crippen LogP contribution in [0.25, 0.3) is 0 Å². The van der Waals surface area contributed by atoms with Crippen LogP contribution in [0.3, 0.4) is 0 Å². The summed E-state index contributed by atoms with van der Waals surface area (Å²) in [5.41, 5.74) is 7.49. The van der Waals surface area contributed by atoms with Crippen LogP contribution in [0.1, 0.15) is 38.2 Å². The Labute approximate surface area is 109 Å². The molecule has 18 heavy (non-hydrogen) atoms. The molecule has 0 spiro atoms. The van der Waals surface area contributed by atoms with Crippen molar-refractivity contribution in [1.29, 1.82) is 0 Å². The zero-order chi connectivity index (χ0) is 13.2. The van der Waals surface area contributed by atoms with Crippen LogP contribution in [0.4, 0.5) is 11.5 Å². The minimum Gasteiger partial charge on any atom is -0.396 e. The molecule has 0 aliphatic heterocycles. The quantitative estimate of drug-likeness (QED) is 0.769. The maximum Gasteiger partial charge on any atom is 0.149 e. The molecular formula is C14H23N3O. The highest BCUT2D eigenvalue weighted by atomic mass is 16.3. The Balaban J connectivity index is 2.17. The maximum atomic E-state index is 9.72. The molecule has 0 unspecified atom stereocenters. The highest BCUT2D eigenvalue weighted by molar-refractivity contribution is 5.65. The van der Waals surface area contributed by atoms with Crippen molar-refractivity contribution in [3.8, 4) is 0 Å². The fourth-order valence-corrected chi connectivity index (χ4v) is 2.56. The van der Waals surface area contributed by atoms with Crippen molar-refractivity contribution in [2.75, 3.05) is 17.7 Å². The van der Waals surface area contributed by atoms with E-state index in [1.54, 1.807) is 6.20 Å². The highest BCUT2D eigenvalue weighted by Crippen LogP contribution is 2.35. The van der Waals surface area contributed by atoms with Crippen molar-refractivity contribution in [2.45, 2.75) is 45.1 Å². The van der Waals surface area contributed by atoms with E-state index in [2.05, 4.69) is 17.2 Å². The Kier molecular flexibility index (Phi) is 3.76. The first-order valence-electron chi connectivity index (χ1n) is 6.66. The summed E-state index contributed by atoms with van der Waals surface area (Å²) in [5, 5.41) is 13.1. The number of aliphatic hydroxyl groups excluding tert-OH is 1. The topological polar surface area (TPSA) is 71.2 Å². The Bertz CT molecular complexity index is 412. The SMILES string of the molecule is Cc1ccnc(NC2(CO)CCC(C)CC2)c1N. The van der Waals surface area contributed by atoms with Gasteiger partial charge >= 0.3 is 0 Å². The minimum absolute atomic E-state index is 0.134. The monoisotopic (exact) mass is 249 g/mol. The van der Waals surface area contributed by atoms with Crippen molar-refractivity contribution in [1.82, 2.24) is 4.98 Å². The van der Waals surface area contributed by atoms with Crippen molar-refractivity contribution < 1.29 is 5.11 Å². The fourth-order valence-electron chi connectivity index (χ4n) is 2.56. The second kappa shape index (κ2) is 5.14. The summed E-state index contributed by atoms with van der Waals surface area (Å²) in [4.78, 5) is 4.30. The second-order valence-corrected chi connectivity index (χ2v) is 5.64. The van der Waals surface area contributed by atoms with Crippen LogP contribution >= 0.6 is 0 Å². The van der Waals surface area contributed by atoms with Crippen molar-refractivity contribution in [3.63, 3.8) is 0 Å². The molecule has 2 rings (SSSR count). The fraction of sp³-hybridized carbons (Fsp3) is 0.643. The van der Waals surface area contributed by atoms with E-state index in [0.717, 1.165) is 37.2 Å². The van der Waals surface area contributed by atoms with Gasteiger partial charge in [0.15, 0.2) is 0 Å². The smallest absolute Gasteiger partial charge is 0.149 e. The Morgan fingerprint density at radius 1 is 1.50 bits per heavy atom. The zero-order valence-electron chi connectivity index (χ0n) is 11.2. The van der Waals surface area contributed by atoms with E-state index in [1.165, 1.54) is 0 Å². The molecule has 0 bridgehead atoms.